The zero-order valence-electron chi connectivity index (χ0n) is 11.7. The lowest BCUT2D eigenvalue weighted by Gasteiger charge is -2.08. The molecule has 1 fully saturated rings. The first-order valence-electron chi connectivity index (χ1n) is 6.77. The Kier molecular flexibility index (Phi) is 3.99. The highest BCUT2D eigenvalue weighted by Gasteiger charge is 2.31. The maximum absolute atomic E-state index is 12.6. The van der Waals surface area contributed by atoms with E-state index < -0.39 is 17.6 Å². The molecular weight excluding hydrogens is 315 g/mol. The number of carbonyl (C=O) groups excluding carboxylic acids is 1. The molecule has 1 amide bonds. The van der Waals surface area contributed by atoms with Gasteiger partial charge in [-0.25, -0.2) is 9.67 Å². The van der Waals surface area contributed by atoms with E-state index in [1.54, 1.807) is 0 Å². The van der Waals surface area contributed by atoms with Crippen LogP contribution in [0.3, 0.4) is 0 Å². The van der Waals surface area contributed by atoms with Crippen LogP contribution in [0.4, 0.5) is 19.0 Å². The van der Waals surface area contributed by atoms with Crippen molar-refractivity contribution in [2.24, 2.45) is 0 Å². The average molecular weight is 327 g/mol. The number of halogens is 3. The molecule has 2 aromatic heterocycles. The molecule has 2 aromatic rings. The van der Waals surface area contributed by atoms with Crippen molar-refractivity contribution in [3.05, 3.63) is 35.8 Å². The van der Waals surface area contributed by atoms with Gasteiger partial charge in [0.1, 0.15) is 5.82 Å². The summed E-state index contributed by atoms with van der Waals surface area (Å²) >= 11 is 0. The highest BCUT2D eigenvalue weighted by molar-refractivity contribution is 6.02. The first kappa shape index (κ1) is 15.4. The summed E-state index contributed by atoms with van der Waals surface area (Å²) in [4.78, 5) is 15.7. The molecule has 122 valence electrons. The van der Waals surface area contributed by atoms with Gasteiger partial charge < -0.3 is 10.1 Å². The van der Waals surface area contributed by atoms with Gasteiger partial charge >= 0.3 is 6.18 Å². The van der Waals surface area contributed by atoms with Gasteiger partial charge in [-0.2, -0.15) is 13.2 Å². The van der Waals surface area contributed by atoms with Gasteiger partial charge in [0.2, 0.25) is 0 Å². The van der Waals surface area contributed by atoms with Gasteiger partial charge in [0.25, 0.3) is 5.91 Å². The van der Waals surface area contributed by atoms with Crippen molar-refractivity contribution in [2.75, 3.05) is 18.5 Å². The summed E-state index contributed by atoms with van der Waals surface area (Å²) in [6.07, 6.45) is -1.33. The summed E-state index contributed by atoms with van der Waals surface area (Å²) in [7, 11) is 0. The zero-order valence-corrected chi connectivity index (χ0v) is 11.7. The lowest BCUT2D eigenvalue weighted by Crippen LogP contribution is -2.15. The molecule has 0 bridgehead atoms. The van der Waals surface area contributed by atoms with Gasteiger partial charge in [-0.15, -0.1) is 5.10 Å². The minimum absolute atomic E-state index is 0.00360. The van der Waals surface area contributed by atoms with E-state index in [1.165, 1.54) is 10.9 Å². The largest absolute Gasteiger partial charge is 0.416 e. The fourth-order valence-corrected chi connectivity index (χ4v) is 2.15. The van der Waals surface area contributed by atoms with Crippen LogP contribution < -0.4 is 5.32 Å². The van der Waals surface area contributed by atoms with Crippen LogP contribution in [0, 0.1) is 0 Å². The number of hydrogen-bond acceptors (Lipinski definition) is 5. The molecular formula is C13H12F3N5O2. The summed E-state index contributed by atoms with van der Waals surface area (Å²) in [6, 6.07) is 1.59. The van der Waals surface area contributed by atoms with E-state index in [2.05, 4.69) is 20.6 Å². The molecule has 23 heavy (non-hydrogen) atoms. The van der Waals surface area contributed by atoms with Crippen molar-refractivity contribution in [2.45, 2.75) is 18.6 Å². The molecule has 0 aliphatic carbocycles. The number of alkyl halides is 3. The predicted molar refractivity (Wildman–Crippen MR) is 71.7 cm³/mol. The third kappa shape index (κ3) is 3.47. The molecule has 1 aliphatic heterocycles. The summed E-state index contributed by atoms with van der Waals surface area (Å²) in [5.74, 6) is -0.884. The molecule has 3 rings (SSSR count). The molecule has 1 atom stereocenters. The van der Waals surface area contributed by atoms with Crippen molar-refractivity contribution in [1.82, 2.24) is 20.0 Å². The van der Waals surface area contributed by atoms with Crippen molar-refractivity contribution >= 4 is 11.7 Å². The Bertz CT molecular complexity index is 710. The molecule has 1 saturated heterocycles. The van der Waals surface area contributed by atoms with Crippen molar-refractivity contribution in [1.29, 1.82) is 0 Å². The van der Waals surface area contributed by atoms with E-state index in [-0.39, 0.29) is 17.6 Å². The summed E-state index contributed by atoms with van der Waals surface area (Å²) < 4.78 is 44.6. The fourth-order valence-electron chi connectivity index (χ4n) is 2.15. The summed E-state index contributed by atoms with van der Waals surface area (Å²) in [5, 5.41) is 9.84. The van der Waals surface area contributed by atoms with Crippen LogP contribution in [-0.2, 0) is 10.9 Å². The molecule has 0 unspecified atom stereocenters. The maximum Gasteiger partial charge on any atom is 0.416 e. The van der Waals surface area contributed by atoms with Gasteiger partial charge in [0.15, 0.2) is 5.69 Å². The van der Waals surface area contributed by atoms with E-state index in [0.29, 0.717) is 13.2 Å². The number of rotatable bonds is 3. The Morgan fingerprint density at radius 2 is 2.26 bits per heavy atom. The Morgan fingerprint density at radius 3 is 2.96 bits per heavy atom. The van der Waals surface area contributed by atoms with Gasteiger partial charge in [-0.3, -0.25) is 4.79 Å². The normalized spacial score (nSPS) is 18.1. The number of hydrogen-bond donors (Lipinski definition) is 1. The van der Waals surface area contributed by atoms with Gasteiger partial charge in [-0.1, -0.05) is 5.21 Å². The Balaban J connectivity index is 1.72. The van der Waals surface area contributed by atoms with E-state index in [9.17, 15) is 18.0 Å². The molecule has 0 aromatic carbocycles. The van der Waals surface area contributed by atoms with Crippen molar-refractivity contribution < 1.29 is 22.7 Å². The summed E-state index contributed by atoms with van der Waals surface area (Å²) in [5.41, 5.74) is -0.898. The van der Waals surface area contributed by atoms with Crippen molar-refractivity contribution in [3.63, 3.8) is 0 Å². The second-order valence-corrected chi connectivity index (χ2v) is 4.98. The van der Waals surface area contributed by atoms with Gasteiger partial charge in [0.05, 0.1) is 24.4 Å². The Morgan fingerprint density at radius 1 is 1.43 bits per heavy atom. The Hall–Kier alpha value is -2.49. The van der Waals surface area contributed by atoms with Crippen LogP contribution in [-0.4, -0.2) is 39.1 Å². The minimum Gasteiger partial charge on any atom is -0.379 e. The SMILES string of the molecule is O=C(Nc1cc(C(F)(F)F)ccn1)c1cn([C@@H]2CCOC2)nn1. The molecule has 0 radical (unpaired) electrons. The number of amides is 1. The monoisotopic (exact) mass is 327 g/mol. The van der Waals surface area contributed by atoms with E-state index in [0.717, 1.165) is 24.8 Å². The number of aromatic nitrogens is 4. The number of nitrogens with one attached hydrogen (secondary N) is 1. The molecule has 3 heterocycles. The van der Waals surface area contributed by atoms with Gasteiger partial charge in [-0.05, 0) is 18.6 Å². The molecule has 1 N–H and O–H groups in total. The smallest absolute Gasteiger partial charge is 0.379 e. The molecule has 0 saturated carbocycles. The molecule has 0 spiro atoms. The van der Waals surface area contributed by atoms with E-state index in [4.69, 9.17) is 4.74 Å². The number of pyridine rings is 1. The molecule has 10 heteroatoms. The van der Waals surface area contributed by atoms with Crippen LogP contribution in [0.5, 0.6) is 0 Å². The van der Waals surface area contributed by atoms with E-state index in [1.807, 2.05) is 0 Å². The zero-order chi connectivity index (χ0) is 16.4. The van der Waals surface area contributed by atoms with Crippen LogP contribution in [0.2, 0.25) is 0 Å². The van der Waals surface area contributed by atoms with E-state index >= 15 is 0 Å². The highest BCUT2D eigenvalue weighted by atomic mass is 19.4. The van der Waals surface area contributed by atoms with Crippen LogP contribution >= 0.6 is 0 Å². The first-order chi connectivity index (χ1) is 10.9. The topological polar surface area (TPSA) is 81.9 Å². The lowest BCUT2D eigenvalue weighted by atomic mass is 10.2. The maximum atomic E-state index is 12.6. The standard InChI is InChI=1S/C13H12F3N5O2/c14-13(15,16)8-1-3-17-11(5-8)18-12(22)10-6-21(20-19-10)9-2-4-23-7-9/h1,3,5-6,9H,2,4,7H2,(H,17,18,22)/t9-/m1/s1. The number of nitrogens with zero attached hydrogens (tertiary/aromatic N) is 4. The third-order valence-electron chi connectivity index (χ3n) is 3.35. The average Bonchev–Trinajstić information content (AvgIpc) is 3.18. The predicted octanol–water partition coefficient (Wildman–Crippen LogP) is 1.91. The lowest BCUT2D eigenvalue weighted by molar-refractivity contribution is -0.137. The number of anilines is 1. The summed E-state index contributed by atoms with van der Waals surface area (Å²) in [6.45, 7) is 1.10. The first-order valence-corrected chi connectivity index (χ1v) is 6.77. The minimum atomic E-state index is -4.51. The van der Waals surface area contributed by atoms with Crippen LogP contribution in [0.1, 0.15) is 28.5 Å². The van der Waals surface area contributed by atoms with Gasteiger partial charge in [0, 0.05) is 12.8 Å². The number of carbonyl (C=O) groups is 1. The van der Waals surface area contributed by atoms with Crippen LogP contribution in [0.15, 0.2) is 24.5 Å². The molecule has 7 nitrogen and oxygen atoms in total. The van der Waals surface area contributed by atoms with Crippen LogP contribution in [0.25, 0.3) is 0 Å². The number of ether oxygens (including phenoxy) is 1. The third-order valence-corrected chi connectivity index (χ3v) is 3.35. The second-order valence-electron chi connectivity index (χ2n) is 4.98. The fraction of sp³-hybridized carbons (Fsp3) is 0.385. The quantitative estimate of drug-likeness (QED) is 0.931. The second kappa shape index (κ2) is 5.95. The Labute approximate surface area is 128 Å². The van der Waals surface area contributed by atoms with Crippen molar-refractivity contribution in [3.8, 4) is 0 Å². The molecule has 1 aliphatic rings. The highest BCUT2D eigenvalue weighted by Crippen LogP contribution is 2.29.